The van der Waals surface area contributed by atoms with Crippen LogP contribution in [-0.2, 0) is 13.0 Å². The minimum atomic E-state index is 0.501. The molecular weight excluding hydrogens is 184 g/mol. The lowest BCUT2D eigenvalue weighted by Crippen LogP contribution is -2.27. The lowest BCUT2D eigenvalue weighted by atomic mass is 10.1. The van der Waals surface area contributed by atoms with Crippen LogP contribution in [0.15, 0.2) is 24.3 Å². The molecule has 0 saturated heterocycles. The van der Waals surface area contributed by atoms with E-state index in [1.165, 1.54) is 11.1 Å². The molecule has 2 heteroatoms. The van der Waals surface area contributed by atoms with Gasteiger partial charge in [-0.3, -0.25) is 0 Å². The maximum Gasteiger partial charge on any atom is 0.0207 e. The molecule has 15 heavy (non-hydrogen) atoms. The highest BCUT2D eigenvalue weighted by atomic mass is 14.9. The highest BCUT2D eigenvalue weighted by Crippen LogP contribution is 2.05. The Morgan fingerprint density at radius 2 is 1.80 bits per heavy atom. The quantitative estimate of drug-likeness (QED) is 0.748. The molecule has 0 saturated carbocycles. The van der Waals surface area contributed by atoms with Gasteiger partial charge < -0.3 is 11.1 Å². The predicted molar refractivity (Wildman–Crippen MR) is 65.8 cm³/mol. The van der Waals surface area contributed by atoms with Crippen molar-refractivity contribution in [3.63, 3.8) is 0 Å². The summed E-state index contributed by atoms with van der Waals surface area (Å²) in [6.45, 7) is 6.04. The van der Waals surface area contributed by atoms with Gasteiger partial charge in [0.05, 0.1) is 0 Å². The van der Waals surface area contributed by atoms with Gasteiger partial charge in [-0.05, 0) is 37.4 Å². The molecule has 0 fully saturated rings. The number of hydrogen-bond acceptors (Lipinski definition) is 2. The summed E-state index contributed by atoms with van der Waals surface area (Å²) in [5.41, 5.74) is 8.24. The van der Waals surface area contributed by atoms with Crippen molar-refractivity contribution < 1.29 is 0 Å². The average molecular weight is 206 g/mol. The first-order valence-electron chi connectivity index (χ1n) is 5.77. The third-order valence-corrected chi connectivity index (χ3v) is 2.69. The van der Waals surface area contributed by atoms with E-state index < -0.39 is 0 Å². The van der Waals surface area contributed by atoms with Crippen molar-refractivity contribution >= 4 is 0 Å². The Hall–Kier alpha value is -0.860. The third-order valence-electron chi connectivity index (χ3n) is 2.69. The molecule has 0 aliphatic carbocycles. The van der Waals surface area contributed by atoms with Gasteiger partial charge >= 0.3 is 0 Å². The van der Waals surface area contributed by atoms with Crippen LogP contribution in [0.5, 0.6) is 0 Å². The third kappa shape index (κ3) is 4.45. The van der Waals surface area contributed by atoms with Crippen LogP contribution >= 0.6 is 0 Å². The molecule has 2 nitrogen and oxygen atoms in total. The first-order valence-corrected chi connectivity index (χ1v) is 5.77. The zero-order valence-corrected chi connectivity index (χ0v) is 9.79. The number of nitrogens with two attached hydrogens (primary N) is 1. The van der Waals surface area contributed by atoms with Crippen LogP contribution in [0.4, 0.5) is 0 Å². The summed E-state index contributed by atoms with van der Waals surface area (Å²) in [6.07, 6.45) is 2.14. The zero-order valence-electron chi connectivity index (χ0n) is 9.79. The molecule has 0 aliphatic heterocycles. The highest BCUT2D eigenvalue weighted by molar-refractivity contribution is 5.22. The predicted octanol–water partition coefficient (Wildman–Crippen LogP) is 2.08. The van der Waals surface area contributed by atoms with E-state index >= 15 is 0 Å². The first kappa shape index (κ1) is 12.2. The summed E-state index contributed by atoms with van der Waals surface area (Å²) in [7, 11) is 0. The fourth-order valence-corrected chi connectivity index (χ4v) is 1.54. The molecule has 0 aromatic heterocycles. The lowest BCUT2D eigenvalue weighted by Gasteiger charge is -2.12. The van der Waals surface area contributed by atoms with E-state index in [0.717, 1.165) is 25.9 Å². The lowest BCUT2D eigenvalue weighted by molar-refractivity contribution is 0.520. The number of benzene rings is 1. The number of hydrogen-bond donors (Lipinski definition) is 2. The van der Waals surface area contributed by atoms with Crippen molar-refractivity contribution in [1.29, 1.82) is 0 Å². The van der Waals surface area contributed by atoms with Crippen LogP contribution in [0.1, 0.15) is 31.4 Å². The summed E-state index contributed by atoms with van der Waals surface area (Å²) in [5.74, 6) is 0. The second kappa shape index (κ2) is 6.59. The molecule has 1 rings (SSSR count). The maximum absolute atomic E-state index is 5.50. The van der Waals surface area contributed by atoms with Crippen LogP contribution < -0.4 is 11.1 Å². The Bertz CT molecular complexity index is 266. The minimum Gasteiger partial charge on any atom is -0.330 e. The maximum atomic E-state index is 5.50. The molecule has 1 aromatic rings. The van der Waals surface area contributed by atoms with Gasteiger partial charge in [0, 0.05) is 12.6 Å². The minimum absolute atomic E-state index is 0.501. The molecule has 0 spiro atoms. The van der Waals surface area contributed by atoms with Crippen molar-refractivity contribution in [2.75, 3.05) is 6.54 Å². The van der Waals surface area contributed by atoms with Gasteiger partial charge in [-0.1, -0.05) is 31.2 Å². The molecule has 0 bridgehead atoms. The Morgan fingerprint density at radius 3 is 2.33 bits per heavy atom. The van der Waals surface area contributed by atoms with Gasteiger partial charge in [0.15, 0.2) is 0 Å². The Labute approximate surface area is 92.9 Å². The van der Waals surface area contributed by atoms with Crippen LogP contribution in [0.25, 0.3) is 0 Å². The van der Waals surface area contributed by atoms with Crippen LogP contribution in [0, 0.1) is 0 Å². The second-order valence-electron chi connectivity index (χ2n) is 4.03. The van der Waals surface area contributed by atoms with Crippen LogP contribution in [0.3, 0.4) is 0 Å². The molecule has 1 atom stereocenters. The number of nitrogens with one attached hydrogen (secondary N) is 1. The molecule has 0 heterocycles. The fraction of sp³-hybridized carbons (Fsp3) is 0.538. The second-order valence-corrected chi connectivity index (χ2v) is 4.03. The average Bonchev–Trinajstić information content (AvgIpc) is 2.27. The Balaban J connectivity index is 2.37. The molecule has 1 unspecified atom stereocenters. The van der Waals surface area contributed by atoms with Crippen LogP contribution in [-0.4, -0.2) is 12.6 Å². The van der Waals surface area contributed by atoms with Gasteiger partial charge in [-0.25, -0.2) is 0 Å². The van der Waals surface area contributed by atoms with E-state index in [9.17, 15) is 0 Å². The summed E-state index contributed by atoms with van der Waals surface area (Å²) in [5, 5.41) is 3.46. The van der Waals surface area contributed by atoms with E-state index in [0.29, 0.717) is 6.04 Å². The van der Waals surface area contributed by atoms with Crippen molar-refractivity contribution in [2.45, 2.75) is 39.3 Å². The monoisotopic (exact) mass is 206 g/mol. The van der Waals surface area contributed by atoms with E-state index in [-0.39, 0.29) is 0 Å². The van der Waals surface area contributed by atoms with E-state index in [2.05, 4.69) is 43.4 Å². The summed E-state index contributed by atoms with van der Waals surface area (Å²) >= 11 is 0. The molecule has 0 amide bonds. The molecule has 1 aromatic carbocycles. The fourth-order valence-electron chi connectivity index (χ4n) is 1.54. The van der Waals surface area contributed by atoms with E-state index in [1.54, 1.807) is 0 Å². The molecule has 3 N–H and O–H groups in total. The first-order chi connectivity index (χ1) is 7.26. The molecular formula is C13H22N2. The SMILES string of the molecule is CCc1ccc(CNC(C)CCN)cc1. The summed E-state index contributed by atoms with van der Waals surface area (Å²) in [4.78, 5) is 0. The topological polar surface area (TPSA) is 38.0 Å². The zero-order chi connectivity index (χ0) is 11.1. The normalized spacial score (nSPS) is 12.7. The van der Waals surface area contributed by atoms with Gasteiger partial charge in [0.1, 0.15) is 0 Å². The van der Waals surface area contributed by atoms with E-state index in [4.69, 9.17) is 5.73 Å². The largest absolute Gasteiger partial charge is 0.330 e. The van der Waals surface area contributed by atoms with E-state index in [1.807, 2.05) is 0 Å². The van der Waals surface area contributed by atoms with Crippen molar-refractivity contribution in [1.82, 2.24) is 5.32 Å². The Morgan fingerprint density at radius 1 is 1.20 bits per heavy atom. The number of aryl methyl sites for hydroxylation is 1. The van der Waals surface area contributed by atoms with Gasteiger partial charge in [0.25, 0.3) is 0 Å². The van der Waals surface area contributed by atoms with Gasteiger partial charge in [-0.2, -0.15) is 0 Å². The molecule has 84 valence electrons. The van der Waals surface area contributed by atoms with Gasteiger partial charge in [0.2, 0.25) is 0 Å². The van der Waals surface area contributed by atoms with Crippen molar-refractivity contribution in [3.8, 4) is 0 Å². The number of rotatable bonds is 6. The highest BCUT2D eigenvalue weighted by Gasteiger charge is 1.99. The summed E-state index contributed by atoms with van der Waals surface area (Å²) < 4.78 is 0. The molecule has 0 radical (unpaired) electrons. The Kier molecular flexibility index (Phi) is 5.37. The standard InChI is InChI=1S/C13H22N2/c1-3-12-4-6-13(7-5-12)10-15-11(2)8-9-14/h4-7,11,15H,3,8-10,14H2,1-2H3. The van der Waals surface area contributed by atoms with Crippen molar-refractivity contribution in [3.05, 3.63) is 35.4 Å². The molecule has 0 aliphatic rings. The summed E-state index contributed by atoms with van der Waals surface area (Å²) in [6, 6.07) is 9.29. The van der Waals surface area contributed by atoms with Crippen LogP contribution in [0.2, 0.25) is 0 Å². The van der Waals surface area contributed by atoms with Crippen molar-refractivity contribution in [2.24, 2.45) is 5.73 Å². The smallest absolute Gasteiger partial charge is 0.0207 e. The van der Waals surface area contributed by atoms with Gasteiger partial charge in [-0.15, -0.1) is 0 Å².